The Morgan fingerprint density at radius 1 is 0.972 bits per heavy atom. The van der Waals surface area contributed by atoms with E-state index < -0.39 is 0 Å². The summed E-state index contributed by atoms with van der Waals surface area (Å²) in [5, 5.41) is 7.27. The number of benzene rings is 3. The van der Waals surface area contributed by atoms with E-state index >= 15 is 0 Å². The van der Waals surface area contributed by atoms with Gasteiger partial charge >= 0.3 is 0 Å². The van der Waals surface area contributed by atoms with Crippen molar-refractivity contribution in [3.63, 3.8) is 0 Å². The van der Waals surface area contributed by atoms with Crippen molar-refractivity contribution < 1.29 is 14.3 Å². The van der Waals surface area contributed by atoms with Crippen LogP contribution in [0.2, 0.25) is 0 Å². The molecular formula is C30H31BrN2O3. The Labute approximate surface area is 221 Å². The molecule has 2 atom stereocenters. The minimum absolute atomic E-state index is 0.141. The molecule has 0 saturated heterocycles. The van der Waals surface area contributed by atoms with Crippen LogP contribution < -0.4 is 20.1 Å². The molecular weight excluding hydrogens is 516 g/mol. The molecule has 0 fully saturated rings. The first-order valence-electron chi connectivity index (χ1n) is 12.5. The molecule has 1 heterocycles. The van der Waals surface area contributed by atoms with E-state index in [0.29, 0.717) is 24.5 Å². The summed E-state index contributed by atoms with van der Waals surface area (Å²) in [6.45, 7) is 4.62. The minimum atomic E-state index is -0.325. The molecule has 5 nitrogen and oxygen atoms in total. The molecule has 2 aliphatic rings. The fourth-order valence-corrected chi connectivity index (χ4v) is 5.84. The molecule has 186 valence electrons. The molecule has 0 spiro atoms. The van der Waals surface area contributed by atoms with Gasteiger partial charge in [-0.1, -0.05) is 43.3 Å². The molecule has 0 aromatic heterocycles. The van der Waals surface area contributed by atoms with Gasteiger partial charge in [0.05, 0.1) is 35.6 Å². The predicted octanol–water partition coefficient (Wildman–Crippen LogP) is 7.40. The molecule has 0 amide bonds. The lowest BCUT2D eigenvalue weighted by Crippen LogP contribution is -2.27. The van der Waals surface area contributed by atoms with E-state index in [0.717, 1.165) is 45.5 Å². The number of allylic oxidation sites excluding steroid dienone is 1. The smallest absolute Gasteiger partial charge is 0.174 e. The van der Waals surface area contributed by atoms with Crippen molar-refractivity contribution in [2.45, 2.75) is 45.1 Å². The summed E-state index contributed by atoms with van der Waals surface area (Å²) in [4.78, 5) is 13.8. The van der Waals surface area contributed by atoms with E-state index in [1.807, 2.05) is 37.3 Å². The van der Waals surface area contributed by atoms with Crippen LogP contribution in [-0.4, -0.2) is 19.5 Å². The summed E-state index contributed by atoms with van der Waals surface area (Å²) < 4.78 is 12.3. The van der Waals surface area contributed by atoms with Gasteiger partial charge in [0, 0.05) is 17.7 Å². The maximum absolute atomic E-state index is 13.8. The number of ketones is 1. The number of carbonyl (C=O) groups excluding carboxylic acids is 1. The number of anilines is 2. The van der Waals surface area contributed by atoms with Gasteiger partial charge in [-0.2, -0.15) is 0 Å². The van der Waals surface area contributed by atoms with Gasteiger partial charge < -0.3 is 20.1 Å². The number of nitrogens with one attached hydrogen (secondary N) is 2. The summed E-state index contributed by atoms with van der Waals surface area (Å²) in [5.74, 6) is 1.59. The molecule has 2 unspecified atom stereocenters. The molecule has 36 heavy (non-hydrogen) atoms. The van der Waals surface area contributed by atoms with Crippen LogP contribution in [0.25, 0.3) is 0 Å². The van der Waals surface area contributed by atoms with Crippen LogP contribution in [0.1, 0.15) is 55.3 Å². The molecule has 6 heteroatoms. The molecule has 1 aliphatic heterocycles. The van der Waals surface area contributed by atoms with Gasteiger partial charge in [0.25, 0.3) is 0 Å². The van der Waals surface area contributed by atoms with Crippen molar-refractivity contribution >= 4 is 33.1 Å². The third-order valence-electron chi connectivity index (χ3n) is 7.04. The fourth-order valence-electron chi connectivity index (χ4n) is 5.22. The van der Waals surface area contributed by atoms with Gasteiger partial charge in [-0.05, 0) is 82.6 Å². The first-order chi connectivity index (χ1) is 17.5. The van der Waals surface area contributed by atoms with Crippen molar-refractivity contribution in [3.05, 3.63) is 93.1 Å². The Morgan fingerprint density at radius 3 is 2.42 bits per heavy atom. The normalized spacial score (nSPS) is 18.9. The number of Topliss-reactive ketones (excluding diaryl/α,β-unsaturated/α-hetero) is 1. The van der Waals surface area contributed by atoms with Crippen LogP contribution in [0.15, 0.2) is 76.4 Å². The molecule has 2 N–H and O–H groups in total. The Bertz CT molecular complexity index is 1320. The number of ether oxygens (including phenoxy) is 2. The monoisotopic (exact) mass is 546 g/mol. The number of fused-ring (bicyclic) bond motifs is 1. The quantitative estimate of drug-likeness (QED) is 0.337. The number of para-hydroxylation sites is 2. The first-order valence-corrected chi connectivity index (χ1v) is 13.3. The van der Waals surface area contributed by atoms with Crippen LogP contribution in [0, 0.1) is 0 Å². The first kappa shape index (κ1) is 24.4. The molecule has 0 saturated carbocycles. The van der Waals surface area contributed by atoms with E-state index in [1.165, 1.54) is 11.1 Å². The topological polar surface area (TPSA) is 59.6 Å². The third kappa shape index (κ3) is 4.62. The predicted molar refractivity (Wildman–Crippen MR) is 148 cm³/mol. The second-order valence-corrected chi connectivity index (χ2v) is 10.1. The number of hydrogen-bond donors (Lipinski definition) is 2. The van der Waals surface area contributed by atoms with E-state index in [1.54, 1.807) is 7.11 Å². The lowest BCUT2D eigenvalue weighted by Gasteiger charge is -2.30. The standard InChI is InChI=1S/C30H31BrN2O3/c1-4-18-10-12-19(13-11-18)20-15-25-28(26(34)16-20)29(33-24-9-7-6-8-23(24)32-25)21-14-22(31)30(35-3)27(17-21)36-5-2/h6-14,17,20,29,32-33H,4-5,15-16H2,1-3H3. The van der Waals surface area contributed by atoms with Crippen LogP contribution >= 0.6 is 15.9 Å². The molecule has 3 aromatic rings. The van der Waals surface area contributed by atoms with Gasteiger partial charge in [0.15, 0.2) is 17.3 Å². The summed E-state index contributed by atoms with van der Waals surface area (Å²) in [5.41, 5.74) is 7.15. The van der Waals surface area contributed by atoms with Crippen molar-refractivity contribution in [3.8, 4) is 11.5 Å². The van der Waals surface area contributed by atoms with Gasteiger partial charge in [0.2, 0.25) is 0 Å². The average molecular weight is 547 g/mol. The average Bonchev–Trinajstić information content (AvgIpc) is 3.06. The highest BCUT2D eigenvalue weighted by Crippen LogP contribution is 2.46. The lowest BCUT2D eigenvalue weighted by molar-refractivity contribution is -0.116. The molecule has 3 aromatic carbocycles. The fraction of sp³-hybridized carbons (Fsp3) is 0.300. The Kier molecular flexibility index (Phi) is 7.06. The number of methoxy groups -OCH3 is 1. The maximum Gasteiger partial charge on any atom is 0.174 e. The summed E-state index contributed by atoms with van der Waals surface area (Å²) >= 11 is 3.65. The van der Waals surface area contributed by atoms with E-state index in [9.17, 15) is 4.79 Å². The summed E-state index contributed by atoms with van der Waals surface area (Å²) in [6.07, 6.45) is 2.26. The Hall–Kier alpha value is -3.25. The van der Waals surface area contributed by atoms with E-state index in [-0.39, 0.29) is 17.7 Å². The molecule has 5 rings (SSSR count). The third-order valence-corrected chi connectivity index (χ3v) is 7.63. The van der Waals surface area contributed by atoms with E-state index in [4.69, 9.17) is 9.47 Å². The number of halogens is 1. The van der Waals surface area contributed by atoms with Crippen LogP contribution in [-0.2, 0) is 11.2 Å². The Morgan fingerprint density at radius 2 is 1.72 bits per heavy atom. The highest BCUT2D eigenvalue weighted by molar-refractivity contribution is 9.10. The second-order valence-electron chi connectivity index (χ2n) is 9.23. The Balaban J connectivity index is 1.61. The van der Waals surface area contributed by atoms with E-state index in [2.05, 4.69) is 63.8 Å². The van der Waals surface area contributed by atoms with Crippen molar-refractivity contribution in [1.82, 2.24) is 0 Å². The molecule has 1 aliphatic carbocycles. The summed E-state index contributed by atoms with van der Waals surface area (Å²) in [7, 11) is 1.63. The largest absolute Gasteiger partial charge is 0.492 e. The zero-order valence-electron chi connectivity index (χ0n) is 20.9. The maximum atomic E-state index is 13.8. The lowest BCUT2D eigenvalue weighted by atomic mass is 9.78. The minimum Gasteiger partial charge on any atom is -0.492 e. The number of carbonyl (C=O) groups is 1. The molecule has 0 bridgehead atoms. The van der Waals surface area contributed by atoms with Crippen LogP contribution in [0.4, 0.5) is 11.4 Å². The zero-order chi connectivity index (χ0) is 25.2. The molecule has 0 radical (unpaired) electrons. The second kappa shape index (κ2) is 10.4. The number of rotatable bonds is 6. The van der Waals surface area contributed by atoms with Gasteiger partial charge in [-0.15, -0.1) is 0 Å². The van der Waals surface area contributed by atoms with Crippen molar-refractivity contribution in [1.29, 1.82) is 0 Å². The van der Waals surface area contributed by atoms with Crippen LogP contribution in [0.5, 0.6) is 11.5 Å². The van der Waals surface area contributed by atoms with Crippen LogP contribution in [0.3, 0.4) is 0 Å². The van der Waals surface area contributed by atoms with Gasteiger partial charge in [-0.3, -0.25) is 4.79 Å². The van der Waals surface area contributed by atoms with Crippen molar-refractivity contribution in [2.75, 3.05) is 24.4 Å². The van der Waals surface area contributed by atoms with Gasteiger partial charge in [0.1, 0.15) is 0 Å². The number of aryl methyl sites for hydroxylation is 1. The highest BCUT2D eigenvalue weighted by atomic mass is 79.9. The SMILES string of the molecule is CCOc1cc(C2Nc3ccccc3NC3=C2C(=O)CC(c2ccc(CC)cc2)C3)cc(Br)c1OC. The zero-order valence-corrected chi connectivity index (χ0v) is 22.4. The number of hydrogen-bond acceptors (Lipinski definition) is 5. The highest BCUT2D eigenvalue weighted by Gasteiger charge is 2.36. The van der Waals surface area contributed by atoms with Crippen molar-refractivity contribution in [2.24, 2.45) is 0 Å². The summed E-state index contributed by atoms with van der Waals surface area (Å²) in [6, 6.07) is 20.5. The van der Waals surface area contributed by atoms with Gasteiger partial charge in [-0.25, -0.2) is 0 Å².